The lowest BCUT2D eigenvalue weighted by Crippen LogP contribution is -2.49. The third-order valence-corrected chi connectivity index (χ3v) is 7.74. The second-order valence-corrected chi connectivity index (χ2v) is 9.90. The molecule has 2 aromatic rings. The second kappa shape index (κ2) is 10.2. The van der Waals surface area contributed by atoms with Gasteiger partial charge in [-0.15, -0.1) is 0 Å². The van der Waals surface area contributed by atoms with Crippen LogP contribution in [-0.4, -0.2) is 67.0 Å². The zero-order chi connectivity index (χ0) is 23.5. The zero-order valence-electron chi connectivity index (χ0n) is 20.1. The molecule has 2 saturated heterocycles. The Bertz CT molecular complexity index is 988. The Morgan fingerprint density at radius 2 is 1.68 bits per heavy atom. The fourth-order valence-corrected chi connectivity index (χ4v) is 5.94. The van der Waals surface area contributed by atoms with Crippen molar-refractivity contribution in [2.75, 3.05) is 38.3 Å². The van der Waals surface area contributed by atoms with E-state index in [1.54, 1.807) is 4.90 Å². The molecular formula is C28H35N3O3. The summed E-state index contributed by atoms with van der Waals surface area (Å²) in [5, 5.41) is 0. The molecular weight excluding hydrogens is 426 g/mol. The molecule has 1 saturated carbocycles. The summed E-state index contributed by atoms with van der Waals surface area (Å²) in [7, 11) is 1.87. The van der Waals surface area contributed by atoms with Crippen molar-refractivity contribution in [2.24, 2.45) is 5.92 Å². The second-order valence-electron chi connectivity index (χ2n) is 9.90. The van der Waals surface area contributed by atoms with Crippen molar-refractivity contribution in [3.8, 4) is 0 Å². The third-order valence-electron chi connectivity index (χ3n) is 7.74. The first-order chi connectivity index (χ1) is 16.6. The number of anilines is 1. The van der Waals surface area contributed by atoms with E-state index in [1.807, 2.05) is 42.3 Å². The van der Waals surface area contributed by atoms with Gasteiger partial charge in [0.15, 0.2) is 0 Å². The fourth-order valence-electron chi connectivity index (χ4n) is 5.94. The predicted molar refractivity (Wildman–Crippen MR) is 133 cm³/mol. The molecule has 3 fully saturated rings. The number of rotatable bonds is 5. The van der Waals surface area contributed by atoms with E-state index < -0.39 is 0 Å². The van der Waals surface area contributed by atoms with E-state index in [0.29, 0.717) is 18.0 Å². The molecule has 2 amide bonds. The van der Waals surface area contributed by atoms with Gasteiger partial charge >= 0.3 is 0 Å². The molecule has 0 aromatic heterocycles. The SMILES string of the molecule is CN(Cc1ccc(N2CCOCC2)cc1)C(=O)C1CC2CCCCC2N1C(=O)c1ccccc1. The average molecular weight is 462 g/mol. The van der Waals surface area contributed by atoms with Gasteiger partial charge in [-0.25, -0.2) is 0 Å². The Labute approximate surface area is 202 Å². The van der Waals surface area contributed by atoms with Crippen LogP contribution in [0.15, 0.2) is 54.6 Å². The summed E-state index contributed by atoms with van der Waals surface area (Å²) >= 11 is 0. The van der Waals surface area contributed by atoms with Crippen LogP contribution in [0.2, 0.25) is 0 Å². The van der Waals surface area contributed by atoms with Crippen molar-refractivity contribution in [2.45, 2.75) is 50.7 Å². The normalized spacial score (nSPS) is 24.6. The van der Waals surface area contributed by atoms with Crippen molar-refractivity contribution in [1.82, 2.24) is 9.80 Å². The quantitative estimate of drug-likeness (QED) is 0.677. The number of morpholine rings is 1. The Hall–Kier alpha value is -2.86. The van der Waals surface area contributed by atoms with Crippen LogP contribution in [0.25, 0.3) is 0 Å². The monoisotopic (exact) mass is 461 g/mol. The molecule has 2 heterocycles. The summed E-state index contributed by atoms with van der Waals surface area (Å²) < 4.78 is 5.45. The van der Waals surface area contributed by atoms with E-state index in [0.717, 1.165) is 57.6 Å². The maximum absolute atomic E-state index is 13.7. The van der Waals surface area contributed by atoms with Crippen LogP contribution in [0.5, 0.6) is 0 Å². The first kappa shape index (κ1) is 22.9. The van der Waals surface area contributed by atoms with Crippen LogP contribution >= 0.6 is 0 Å². The molecule has 3 atom stereocenters. The third kappa shape index (κ3) is 4.69. The predicted octanol–water partition coefficient (Wildman–Crippen LogP) is 3.96. The number of likely N-dealkylation sites (N-methyl/N-ethyl adjacent to an activating group) is 1. The lowest BCUT2D eigenvalue weighted by molar-refractivity contribution is -0.134. The Morgan fingerprint density at radius 1 is 0.971 bits per heavy atom. The number of carbonyl (C=O) groups is 2. The maximum Gasteiger partial charge on any atom is 0.254 e. The number of ether oxygens (including phenoxy) is 1. The number of nitrogens with zero attached hydrogens (tertiary/aromatic N) is 3. The van der Waals surface area contributed by atoms with E-state index in [2.05, 4.69) is 29.2 Å². The molecule has 0 N–H and O–H groups in total. The van der Waals surface area contributed by atoms with Gasteiger partial charge in [-0.2, -0.15) is 0 Å². The molecule has 2 aliphatic heterocycles. The van der Waals surface area contributed by atoms with Crippen LogP contribution in [0, 0.1) is 5.92 Å². The number of fused-ring (bicyclic) bond motifs is 1. The standard InChI is InChI=1S/C28H35N3O3/c1-29(20-21-11-13-24(14-12-21)30-15-17-34-18-16-30)28(33)26-19-23-9-5-6-10-25(23)31(26)27(32)22-7-3-2-4-8-22/h2-4,7-8,11-14,23,25-26H,5-6,9-10,15-20H2,1H3. The molecule has 5 rings (SSSR count). The minimum atomic E-state index is -0.376. The van der Waals surface area contributed by atoms with Gasteiger partial charge in [-0.1, -0.05) is 43.2 Å². The summed E-state index contributed by atoms with van der Waals surface area (Å²) in [6.07, 6.45) is 5.22. The molecule has 180 valence electrons. The smallest absolute Gasteiger partial charge is 0.254 e. The molecule has 3 aliphatic rings. The Kier molecular flexibility index (Phi) is 6.86. The van der Waals surface area contributed by atoms with Gasteiger partial charge in [0.2, 0.25) is 5.91 Å². The molecule has 2 aromatic carbocycles. The number of carbonyl (C=O) groups excluding carboxylic acids is 2. The molecule has 6 heteroatoms. The van der Waals surface area contributed by atoms with E-state index in [-0.39, 0.29) is 23.9 Å². The van der Waals surface area contributed by atoms with Gasteiger partial charge in [0.1, 0.15) is 6.04 Å². The topological polar surface area (TPSA) is 53.1 Å². The summed E-state index contributed by atoms with van der Waals surface area (Å²) in [6, 6.07) is 17.7. The first-order valence-electron chi connectivity index (χ1n) is 12.7. The average Bonchev–Trinajstić information content (AvgIpc) is 3.29. The van der Waals surface area contributed by atoms with Gasteiger partial charge in [-0.3, -0.25) is 9.59 Å². The molecule has 0 radical (unpaired) electrons. The van der Waals surface area contributed by atoms with Crippen molar-refractivity contribution in [3.05, 3.63) is 65.7 Å². The summed E-state index contributed by atoms with van der Waals surface area (Å²) in [5.41, 5.74) is 2.97. The van der Waals surface area contributed by atoms with Crippen LogP contribution in [0.4, 0.5) is 5.69 Å². The minimum absolute atomic E-state index is 0.00314. The van der Waals surface area contributed by atoms with Gasteiger partial charge < -0.3 is 19.4 Å². The van der Waals surface area contributed by atoms with Gasteiger partial charge in [-0.05, 0) is 55.0 Å². The van der Waals surface area contributed by atoms with Crippen molar-refractivity contribution in [1.29, 1.82) is 0 Å². The van der Waals surface area contributed by atoms with Gasteiger partial charge in [0.25, 0.3) is 5.91 Å². The Balaban J connectivity index is 1.30. The Morgan fingerprint density at radius 3 is 2.41 bits per heavy atom. The summed E-state index contributed by atoms with van der Waals surface area (Å²) in [4.78, 5) is 33.3. The molecule has 34 heavy (non-hydrogen) atoms. The molecule has 6 nitrogen and oxygen atoms in total. The zero-order valence-corrected chi connectivity index (χ0v) is 20.1. The van der Waals surface area contributed by atoms with E-state index in [1.165, 1.54) is 12.1 Å². The van der Waals surface area contributed by atoms with E-state index in [9.17, 15) is 9.59 Å². The van der Waals surface area contributed by atoms with Gasteiger partial charge in [0, 0.05) is 44.0 Å². The molecule has 0 bridgehead atoms. The summed E-state index contributed by atoms with van der Waals surface area (Å²) in [6.45, 7) is 3.89. The minimum Gasteiger partial charge on any atom is -0.378 e. The van der Waals surface area contributed by atoms with Crippen molar-refractivity contribution in [3.63, 3.8) is 0 Å². The van der Waals surface area contributed by atoms with Crippen molar-refractivity contribution >= 4 is 17.5 Å². The number of likely N-dealkylation sites (tertiary alicyclic amines) is 1. The largest absolute Gasteiger partial charge is 0.378 e. The van der Waals surface area contributed by atoms with E-state index in [4.69, 9.17) is 4.74 Å². The van der Waals surface area contributed by atoms with Crippen LogP contribution < -0.4 is 4.90 Å². The highest BCUT2D eigenvalue weighted by molar-refractivity contribution is 5.98. The van der Waals surface area contributed by atoms with E-state index >= 15 is 0 Å². The number of amides is 2. The van der Waals surface area contributed by atoms with Crippen LogP contribution in [0.3, 0.4) is 0 Å². The summed E-state index contributed by atoms with van der Waals surface area (Å²) in [5.74, 6) is 0.476. The highest BCUT2D eigenvalue weighted by Crippen LogP contribution is 2.41. The lowest BCUT2D eigenvalue weighted by Gasteiger charge is -2.34. The number of hydrogen-bond acceptors (Lipinski definition) is 4. The van der Waals surface area contributed by atoms with Crippen molar-refractivity contribution < 1.29 is 14.3 Å². The molecule has 3 unspecified atom stereocenters. The maximum atomic E-state index is 13.7. The van der Waals surface area contributed by atoms with Crippen LogP contribution in [0.1, 0.15) is 48.0 Å². The highest BCUT2D eigenvalue weighted by atomic mass is 16.5. The lowest BCUT2D eigenvalue weighted by atomic mass is 9.84. The van der Waals surface area contributed by atoms with Crippen LogP contribution in [-0.2, 0) is 16.1 Å². The number of benzene rings is 2. The number of hydrogen-bond donors (Lipinski definition) is 0. The molecule has 0 spiro atoms. The molecule has 1 aliphatic carbocycles. The first-order valence-corrected chi connectivity index (χ1v) is 12.7. The van der Waals surface area contributed by atoms with Gasteiger partial charge in [0.05, 0.1) is 13.2 Å². The fraction of sp³-hybridized carbons (Fsp3) is 0.500. The highest BCUT2D eigenvalue weighted by Gasteiger charge is 2.48.